The Kier molecular flexibility index (Phi) is 4.19. The molecule has 2 nitrogen and oxygen atoms in total. The molecule has 0 saturated carbocycles. The Labute approximate surface area is 118 Å². The van der Waals surface area contributed by atoms with E-state index >= 15 is 0 Å². The van der Waals surface area contributed by atoms with Crippen molar-refractivity contribution in [2.45, 2.75) is 17.6 Å². The van der Waals surface area contributed by atoms with Gasteiger partial charge in [-0.2, -0.15) is 0 Å². The van der Waals surface area contributed by atoms with E-state index in [2.05, 4.69) is 22.0 Å². The molecule has 0 bridgehead atoms. The number of rotatable bonds is 3. The van der Waals surface area contributed by atoms with Crippen LogP contribution in [-0.2, 0) is 16.6 Å². The zero-order chi connectivity index (χ0) is 13.1. The molecule has 0 fully saturated rings. The summed E-state index contributed by atoms with van der Waals surface area (Å²) < 4.78 is 13.1. The monoisotopic (exact) mass is 323 g/mol. The SMILES string of the molecule is Cc1cccc(CS(=O)c2ccc(N)cc2Br)c1. The average Bonchev–Trinajstić information content (AvgIpc) is 2.28. The number of nitrogens with two attached hydrogens (primary N) is 1. The fourth-order valence-corrected chi connectivity index (χ4v) is 3.80. The highest BCUT2D eigenvalue weighted by atomic mass is 79.9. The lowest BCUT2D eigenvalue weighted by Gasteiger charge is -2.06. The van der Waals surface area contributed by atoms with E-state index in [1.54, 1.807) is 12.1 Å². The van der Waals surface area contributed by atoms with Crippen molar-refractivity contribution in [3.05, 3.63) is 58.1 Å². The van der Waals surface area contributed by atoms with Crippen LogP contribution in [0.15, 0.2) is 51.8 Å². The lowest BCUT2D eigenvalue weighted by molar-refractivity contribution is 0.682. The van der Waals surface area contributed by atoms with Gasteiger partial charge in [-0.25, -0.2) is 0 Å². The number of hydrogen-bond acceptors (Lipinski definition) is 2. The second kappa shape index (κ2) is 5.67. The van der Waals surface area contributed by atoms with E-state index in [0.29, 0.717) is 11.4 Å². The molecule has 2 aromatic carbocycles. The molecular weight excluding hydrogens is 310 g/mol. The van der Waals surface area contributed by atoms with Crippen LogP contribution in [0.25, 0.3) is 0 Å². The summed E-state index contributed by atoms with van der Waals surface area (Å²) >= 11 is 3.40. The lowest BCUT2D eigenvalue weighted by Crippen LogP contribution is -1.98. The van der Waals surface area contributed by atoms with Crippen molar-refractivity contribution in [1.82, 2.24) is 0 Å². The van der Waals surface area contributed by atoms with Crippen molar-refractivity contribution in [3.63, 3.8) is 0 Å². The van der Waals surface area contributed by atoms with E-state index in [1.165, 1.54) is 5.56 Å². The summed E-state index contributed by atoms with van der Waals surface area (Å²) in [5.74, 6) is 0.518. The van der Waals surface area contributed by atoms with E-state index in [1.807, 2.05) is 31.2 Å². The van der Waals surface area contributed by atoms with Crippen LogP contribution in [0.2, 0.25) is 0 Å². The highest BCUT2D eigenvalue weighted by Gasteiger charge is 2.09. The van der Waals surface area contributed by atoms with Gasteiger partial charge >= 0.3 is 0 Å². The van der Waals surface area contributed by atoms with E-state index in [4.69, 9.17) is 5.73 Å². The quantitative estimate of drug-likeness (QED) is 0.876. The molecule has 1 atom stereocenters. The van der Waals surface area contributed by atoms with Gasteiger partial charge in [0.25, 0.3) is 0 Å². The number of nitrogen functional groups attached to an aromatic ring is 1. The van der Waals surface area contributed by atoms with Gasteiger partial charge < -0.3 is 5.73 Å². The first kappa shape index (κ1) is 13.3. The summed E-state index contributed by atoms with van der Waals surface area (Å²) in [5, 5.41) is 0. The van der Waals surface area contributed by atoms with Gasteiger partial charge in [0, 0.05) is 10.2 Å². The lowest BCUT2D eigenvalue weighted by atomic mass is 10.2. The van der Waals surface area contributed by atoms with Gasteiger partial charge in [0.1, 0.15) is 0 Å². The van der Waals surface area contributed by atoms with Gasteiger partial charge in [-0.05, 0) is 46.6 Å². The summed E-state index contributed by atoms with van der Waals surface area (Å²) in [7, 11) is -1.06. The molecular formula is C14H14BrNOS. The normalized spacial score (nSPS) is 12.3. The minimum Gasteiger partial charge on any atom is -0.399 e. The number of benzene rings is 2. The predicted molar refractivity (Wildman–Crippen MR) is 79.8 cm³/mol. The van der Waals surface area contributed by atoms with E-state index < -0.39 is 10.8 Å². The first-order chi connectivity index (χ1) is 8.56. The molecule has 2 aromatic rings. The molecule has 0 radical (unpaired) electrons. The number of hydrogen-bond donors (Lipinski definition) is 1. The third kappa shape index (κ3) is 3.21. The Balaban J connectivity index is 2.22. The summed E-state index contributed by atoms with van der Waals surface area (Å²) in [6.07, 6.45) is 0. The molecule has 0 heterocycles. The number of halogens is 1. The van der Waals surface area contributed by atoms with E-state index in [9.17, 15) is 4.21 Å². The molecule has 2 N–H and O–H groups in total. The maximum atomic E-state index is 12.3. The zero-order valence-corrected chi connectivity index (χ0v) is 12.4. The molecule has 0 aliphatic carbocycles. The molecule has 0 aliphatic heterocycles. The minimum absolute atomic E-state index is 0.518. The fraction of sp³-hybridized carbons (Fsp3) is 0.143. The van der Waals surface area contributed by atoms with Crippen LogP contribution >= 0.6 is 15.9 Å². The second-order valence-corrected chi connectivity index (χ2v) is 6.44. The van der Waals surface area contributed by atoms with Crippen LogP contribution < -0.4 is 5.73 Å². The molecule has 1 unspecified atom stereocenters. The van der Waals surface area contributed by atoms with Gasteiger partial charge in [0.2, 0.25) is 0 Å². The van der Waals surface area contributed by atoms with Gasteiger partial charge in [-0.15, -0.1) is 0 Å². The van der Waals surface area contributed by atoms with Gasteiger partial charge in [-0.3, -0.25) is 4.21 Å². The van der Waals surface area contributed by atoms with Crippen molar-refractivity contribution in [1.29, 1.82) is 0 Å². The third-order valence-electron chi connectivity index (χ3n) is 2.58. The van der Waals surface area contributed by atoms with Crippen molar-refractivity contribution in [2.75, 3.05) is 5.73 Å². The largest absolute Gasteiger partial charge is 0.399 e. The highest BCUT2D eigenvalue weighted by Crippen LogP contribution is 2.24. The first-order valence-corrected chi connectivity index (χ1v) is 7.66. The van der Waals surface area contributed by atoms with E-state index in [-0.39, 0.29) is 0 Å². The van der Waals surface area contributed by atoms with Crippen molar-refractivity contribution in [3.8, 4) is 0 Å². The smallest absolute Gasteiger partial charge is 0.0585 e. The van der Waals surface area contributed by atoms with Crippen molar-refractivity contribution in [2.24, 2.45) is 0 Å². The summed E-state index contributed by atoms with van der Waals surface area (Å²) in [6.45, 7) is 2.03. The second-order valence-electron chi connectivity index (χ2n) is 4.17. The fourth-order valence-electron chi connectivity index (χ4n) is 1.73. The molecule has 0 aromatic heterocycles. The summed E-state index contributed by atoms with van der Waals surface area (Å²) in [6, 6.07) is 13.4. The number of aryl methyl sites for hydroxylation is 1. The molecule has 0 spiro atoms. The van der Waals surface area contributed by atoms with Gasteiger partial charge in [0.05, 0.1) is 21.4 Å². The highest BCUT2D eigenvalue weighted by molar-refractivity contribution is 9.10. The third-order valence-corrected chi connectivity index (χ3v) is 4.94. The molecule has 2 rings (SSSR count). The number of anilines is 1. The molecule has 0 amide bonds. The van der Waals surface area contributed by atoms with Crippen molar-refractivity contribution < 1.29 is 4.21 Å². The molecule has 0 aliphatic rings. The van der Waals surface area contributed by atoms with Crippen LogP contribution in [0.4, 0.5) is 5.69 Å². The van der Waals surface area contributed by atoms with Crippen LogP contribution in [0.5, 0.6) is 0 Å². The zero-order valence-electron chi connectivity index (χ0n) is 10.0. The topological polar surface area (TPSA) is 43.1 Å². The van der Waals surface area contributed by atoms with Crippen LogP contribution in [0, 0.1) is 6.92 Å². The Morgan fingerprint density at radius 2 is 2.00 bits per heavy atom. The molecule has 4 heteroatoms. The molecule has 94 valence electrons. The average molecular weight is 324 g/mol. The first-order valence-electron chi connectivity index (χ1n) is 5.55. The van der Waals surface area contributed by atoms with Gasteiger partial charge in [-0.1, -0.05) is 29.8 Å². The summed E-state index contributed by atoms with van der Waals surface area (Å²) in [4.78, 5) is 0.783. The standard InChI is InChI=1S/C14H14BrNOS/c1-10-3-2-4-11(7-10)9-18(17)14-6-5-12(16)8-13(14)15/h2-8H,9,16H2,1H3. The Morgan fingerprint density at radius 1 is 1.22 bits per heavy atom. The minimum atomic E-state index is -1.06. The Hall–Kier alpha value is -1.13. The Morgan fingerprint density at radius 3 is 2.67 bits per heavy atom. The van der Waals surface area contributed by atoms with Crippen LogP contribution in [0.3, 0.4) is 0 Å². The molecule has 0 saturated heterocycles. The molecule has 18 heavy (non-hydrogen) atoms. The van der Waals surface area contributed by atoms with Crippen LogP contribution in [-0.4, -0.2) is 4.21 Å². The van der Waals surface area contributed by atoms with Crippen molar-refractivity contribution >= 4 is 32.4 Å². The van der Waals surface area contributed by atoms with Crippen LogP contribution in [0.1, 0.15) is 11.1 Å². The predicted octanol–water partition coefficient (Wildman–Crippen LogP) is 3.65. The summed E-state index contributed by atoms with van der Waals surface area (Å²) in [5.41, 5.74) is 8.60. The van der Waals surface area contributed by atoms with E-state index in [0.717, 1.165) is 14.9 Å². The Bertz CT molecular complexity index is 598. The maximum Gasteiger partial charge on any atom is 0.0585 e. The van der Waals surface area contributed by atoms with Gasteiger partial charge in [0.15, 0.2) is 0 Å². The maximum absolute atomic E-state index is 12.3.